The minimum atomic E-state index is -4.35. The lowest BCUT2D eigenvalue weighted by molar-refractivity contribution is -0.137. The normalized spacial score (nSPS) is 20.7. The van der Waals surface area contributed by atoms with Crippen LogP contribution in [0, 0.1) is 0 Å². The van der Waals surface area contributed by atoms with Crippen LogP contribution < -0.4 is 4.90 Å². The molecular weight excluding hydrogens is 555 g/mol. The number of hydrogen-bond donors (Lipinski definition) is 0. The quantitative estimate of drug-likeness (QED) is 0.251. The molecule has 2 aliphatic heterocycles. The molecule has 3 nitrogen and oxygen atoms in total. The Labute approximate surface area is 261 Å². The van der Waals surface area contributed by atoms with Crippen LogP contribution in [0.1, 0.15) is 98.6 Å². The topological polar surface area (TPSA) is 19.4 Å². The lowest BCUT2D eigenvalue weighted by Gasteiger charge is -2.33. The van der Waals surface area contributed by atoms with Crippen molar-refractivity contribution in [2.24, 2.45) is 0 Å². The van der Waals surface area contributed by atoms with E-state index >= 15 is 0 Å². The molecule has 0 amide bonds. The van der Waals surface area contributed by atoms with E-state index in [1.165, 1.54) is 67.3 Å². The summed E-state index contributed by atoms with van der Waals surface area (Å²) in [6, 6.07) is 17.3. The third-order valence-electron chi connectivity index (χ3n) is 9.92. The molecule has 0 spiro atoms. The first-order valence-corrected chi connectivity index (χ1v) is 16.2. The zero-order valence-electron chi connectivity index (χ0n) is 26.3. The number of likely N-dealkylation sites (tertiary alicyclic amines) is 1. The number of hydrogen-bond acceptors (Lipinski definition) is 3. The largest absolute Gasteiger partial charge is 0.416 e. The third-order valence-corrected chi connectivity index (χ3v) is 9.92. The van der Waals surface area contributed by atoms with E-state index in [2.05, 4.69) is 73.7 Å². The average molecular weight is 602 g/mol. The van der Waals surface area contributed by atoms with Crippen LogP contribution >= 0.6 is 0 Å². The molecule has 0 N–H and O–H groups in total. The SMILES string of the molecule is C=C.C=C1CC(c2cccc(C(F)(F)F)c2)C(C)N1Cc1nc(N2CCC2)ccc1-c1cc(C2CCCCC2)ccc1CC. The Kier molecular flexibility index (Phi) is 9.87. The van der Waals surface area contributed by atoms with Crippen LogP contribution in [0.25, 0.3) is 11.1 Å². The van der Waals surface area contributed by atoms with E-state index in [0.29, 0.717) is 18.9 Å². The first-order valence-electron chi connectivity index (χ1n) is 16.2. The molecule has 2 unspecified atom stereocenters. The second-order valence-electron chi connectivity index (χ2n) is 12.5. The van der Waals surface area contributed by atoms with Gasteiger partial charge < -0.3 is 9.80 Å². The highest BCUT2D eigenvalue weighted by Gasteiger charge is 2.37. The molecule has 6 rings (SSSR count). The zero-order chi connectivity index (χ0) is 31.4. The van der Waals surface area contributed by atoms with Crippen LogP contribution in [0.3, 0.4) is 0 Å². The summed E-state index contributed by atoms with van der Waals surface area (Å²) in [6.45, 7) is 17.3. The second-order valence-corrected chi connectivity index (χ2v) is 12.5. The van der Waals surface area contributed by atoms with E-state index in [9.17, 15) is 13.2 Å². The molecule has 2 atom stereocenters. The smallest absolute Gasteiger partial charge is 0.366 e. The van der Waals surface area contributed by atoms with Gasteiger partial charge in [-0.1, -0.05) is 69.2 Å². The van der Waals surface area contributed by atoms with Crippen LogP contribution in [-0.2, 0) is 19.1 Å². The number of pyridine rings is 1. The van der Waals surface area contributed by atoms with E-state index in [4.69, 9.17) is 4.98 Å². The molecule has 0 radical (unpaired) electrons. The van der Waals surface area contributed by atoms with E-state index in [0.717, 1.165) is 53.9 Å². The average Bonchev–Trinajstić information content (AvgIpc) is 3.29. The lowest BCUT2D eigenvalue weighted by atomic mass is 9.82. The highest BCUT2D eigenvalue weighted by molar-refractivity contribution is 5.72. The van der Waals surface area contributed by atoms with Crippen LogP contribution in [0.2, 0.25) is 0 Å². The molecule has 1 aromatic heterocycles. The molecule has 3 fully saturated rings. The van der Waals surface area contributed by atoms with Gasteiger partial charge in [0.25, 0.3) is 0 Å². The number of halogens is 3. The van der Waals surface area contributed by atoms with Crippen LogP contribution in [0.15, 0.2) is 80.0 Å². The van der Waals surface area contributed by atoms with Gasteiger partial charge in [0, 0.05) is 36.3 Å². The van der Waals surface area contributed by atoms with Gasteiger partial charge in [-0.25, -0.2) is 4.98 Å². The first-order chi connectivity index (χ1) is 21.2. The van der Waals surface area contributed by atoms with Gasteiger partial charge >= 0.3 is 6.18 Å². The molecule has 0 bridgehead atoms. The Balaban J connectivity index is 0.00000188. The fraction of sp³-hybridized carbons (Fsp3) is 0.447. The molecule has 234 valence electrons. The molecule has 44 heavy (non-hydrogen) atoms. The molecule has 2 saturated heterocycles. The van der Waals surface area contributed by atoms with Crippen molar-refractivity contribution in [3.05, 3.63) is 108 Å². The number of alkyl halides is 3. The van der Waals surface area contributed by atoms with E-state index < -0.39 is 11.7 Å². The predicted molar refractivity (Wildman–Crippen MR) is 176 cm³/mol. The summed E-state index contributed by atoms with van der Waals surface area (Å²) < 4.78 is 40.5. The number of nitrogens with zero attached hydrogens (tertiary/aromatic N) is 3. The Bertz CT molecular complexity index is 1450. The molecule has 3 heterocycles. The van der Waals surface area contributed by atoms with E-state index in [1.54, 1.807) is 0 Å². The van der Waals surface area contributed by atoms with Crippen molar-refractivity contribution in [1.82, 2.24) is 9.88 Å². The van der Waals surface area contributed by atoms with Gasteiger partial charge in [0.15, 0.2) is 0 Å². The Morgan fingerprint density at radius 1 is 0.886 bits per heavy atom. The standard InChI is InChI=1S/C36H42F3N3.C2H4/c1-4-26-14-15-28(27-10-6-5-7-11-27)22-33(26)31-16-17-35(41-18-9-19-41)40-34(31)23-42-24(2)20-32(25(42)3)29-12-8-13-30(21-29)36(37,38)39;1-2/h8,12-17,21-22,25,27,32H,2,4-7,9-11,18-20,23H2,1,3H3;1-2H2. The highest BCUT2D eigenvalue weighted by Crippen LogP contribution is 2.43. The maximum atomic E-state index is 13.5. The third kappa shape index (κ3) is 6.60. The highest BCUT2D eigenvalue weighted by atomic mass is 19.4. The van der Waals surface area contributed by atoms with Gasteiger partial charge in [-0.2, -0.15) is 13.2 Å². The second kappa shape index (κ2) is 13.6. The summed E-state index contributed by atoms with van der Waals surface area (Å²) in [4.78, 5) is 9.85. The van der Waals surface area contributed by atoms with Gasteiger partial charge in [-0.3, -0.25) is 0 Å². The van der Waals surface area contributed by atoms with E-state index in [1.807, 2.05) is 6.07 Å². The molecule has 3 aliphatic rings. The summed E-state index contributed by atoms with van der Waals surface area (Å²) in [5, 5.41) is 0. The van der Waals surface area contributed by atoms with Crippen molar-refractivity contribution < 1.29 is 13.2 Å². The number of benzene rings is 2. The summed E-state index contributed by atoms with van der Waals surface area (Å²) in [5.74, 6) is 1.57. The van der Waals surface area contributed by atoms with Gasteiger partial charge in [0.2, 0.25) is 0 Å². The number of anilines is 1. The minimum absolute atomic E-state index is 0.00233. The molecule has 1 aliphatic carbocycles. The van der Waals surface area contributed by atoms with Gasteiger partial charge in [0.1, 0.15) is 5.82 Å². The number of aryl methyl sites for hydroxylation is 1. The van der Waals surface area contributed by atoms with Gasteiger partial charge in [-0.05, 0) is 85.4 Å². The van der Waals surface area contributed by atoms with Gasteiger partial charge in [0.05, 0.1) is 17.8 Å². The van der Waals surface area contributed by atoms with E-state index in [-0.39, 0.29) is 12.0 Å². The minimum Gasteiger partial charge on any atom is -0.366 e. The van der Waals surface area contributed by atoms with Gasteiger partial charge in [-0.15, -0.1) is 13.2 Å². The molecular formula is C38H46F3N3. The molecule has 3 aromatic rings. The number of rotatable bonds is 7. The zero-order valence-corrected chi connectivity index (χ0v) is 26.3. The van der Waals surface area contributed by atoms with Crippen LogP contribution in [0.4, 0.5) is 19.0 Å². The summed E-state index contributed by atoms with van der Waals surface area (Å²) >= 11 is 0. The maximum absolute atomic E-state index is 13.5. The van der Waals surface area contributed by atoms with Crippen molar-refractivity contribution in [2.75, 3.05) is 18.0 Å². The Hall–Kier alpha value is -3.54. The molecule has 1 saturated carbocycles. The molecule has 6 heteroatoms. The maximum Gasteiger partial charge on any atom is 0.416 e. The number of aromatic nitrogens is 1. The molecule has 2 aromatic carbocycles. The van der Waals surface area contributed by atoms with Crippen molar-refractivity contribution in [2.45, 2.75) is 95.8 Å². The van der Waals surface area contributed by atoms with Crippen molar-refractivity contribution in [3.8, 4) is 11.1 Å². The first kappa shape index (κ1) is 31.9. The summed E-state index contributed by atoms with van der Waals surface area (Å²) in [6.07, 6.45) is 4.86. The summed E-state index contributed by atoms with van der Waals surface area (Å²) in [7, 11) is 0. The summed E-state index contributed by atoms with van der Waals surface area (Å²) in [5.41, 5.74) is 7.30. The number of allylic oxidation sites excluding steroid dienone is 1. The van der Waals surface area contributed by atoms with Crippen molar-refractivity contribution in [3.63, 3.8) is 0 Å². The van der Waals surface area contributed by atoms with Crippen LogP contribution in [-0.4, -0.2) is 29.0 Å². The van der Waals surface area contributed by atoms with Crippen molar-refractivity contribution >= 4 is 5.82 Å². The van der Waals surface area contributed by atoms with Crippen LogP contribution in [0.5, 0.6) is 0 Å². The fourth-order valence-corrected chi connectivity index (χ4v) is 7.23. The Morgan fingerprint density at radius 2 is 1.64 bits per heavy atom. The monoisotopic (exact) mass is 601 g/mol. The lowest BCUT2D eigenvalue weighted by Crippen LogP contribution is -2.38. The predicted octanol–water partition coefficient (Wildman–Crippen LogP) is 10.3. The Morgan fingerprint density at radius 3 is 2.30 bits per heavy atom. The fourth-order valence-electron chi connectivity index (χ4n) is 7.23. The van der Waals surface area contributed by atoms with Crippen molar-refractivity contribution in [1.29, 1.82) is 0 Å².